The second-order valence-corrected chi connectivity index (χ2v) is 3.11. The lowest BCUT2D eigenvalue weighted by molar-refractivity contribution is 0.584. The number of nitrogens with one attached hydrogen (secondary N) is 1. The van der Waals surface area contributed by atoms with Crippen molar-refractivity contribution < 1.29 is 0 Å². The Bertz CT molecular complexity index is 279. The minimum absolute atomic E-state index is 0.807. The molecular weight excluding hydrogens is 174 g/mol. The highest BCUT2D eigenvalue weighted by Crippen LogP contribution is 1.93. The Kier molecular flexibility index (Phi) is 5.53. The summed E-state index contributed by atoms with van der Waals surface area (Å²) < 4.78 is 2.10. The van der Waals surface area contributed by atoms with E-state index in [1.54, 1.807) is 0 Å². The van der Waals surface area contributed by atoms with Gasteiger partial charge in [-0.2, -0.15) is 0 Å². The number of aromatic nitrogens is 2. The van der Waals surface area contributed by atoms with Crippen LogP contribution in [0.4, 0.5) is 0 Å². The SMILES string of the molecule is CC#CCNCCCCn1ccnc1. The summed E-state index contributed by atoms with van der Waals surface area (Å²) in [6.45, 7) is 4.77. The fraction of sp³-hybridized carbons (Fsp3) is 0.545. The molecule has 0 aliphatic rings. The summed E-state index contributed by atoms with van der Waals surface area (Å²) >= 11 is 0. The highest BCUT2D eigenvalue weighted by Gasteiger charge is 1.90. The van der Waals surface area contributed by atoms with E-state index in [9.17, 15) is 0 Å². The van der Waals surface area contributed by atoms with Gasteiger partial charge in [0.15, 0.2) is 0 Å². The molecule has 0 saturated heterocycles. The summed E-state index contributed by atoms with van der Waals surface area (Å²) in [5.41, 5.74) is 0. The first-order chi connectivity index (χ1) is 6.93. The van der Waals surface area contributed by atoms with Gasteiger partial charge < -0.3 is 9.88 Å². The van der Waals surface area contributed by atoms with Crippen molar-refractivity contribution in [3.8, 4) is 11.8 Å². The normalized spacial score (nSPS) is 9.50. The fourth-order valence-electron chi connectivity index (χ4n) is 1.20. The van der Waals surface area contributed by atoms with Crippen LogP contribution >= 0.6 is 0 Å². The molecule has 1 heterocycles. The summed E-state index contributed by atoms with van der Waals surface area (Å²) in [4.78, 5) is 3.99. The molecule has 1 aromatic heterocycles. The van der Waals surface area contributed by atoms with Crippen molar-refractivity contribution in [3.05, 3.63) is 18.7 Å². The van der Waals surface area contributed by atoms with Gasteiger partial charge in [-0.25, -0.2) is 4.98 Å². The first kappa shape index (κ1) is 10.8. The third-order valence-corrected chi connectivity index (χ3v) is 1.97. The molecular formula is C11H17N3. The van der Waals surface area contributed by atoms with E-state index in [1.807, 2.05) is 25.6 Å². The molecule has 0 unspecified atom stereocenters. The molecule has 0 aliphatic heterocycles. The molecule has 0 amide bonds. The third-order valence-electron chi connectivity index (χ3n) is 1.97. The quantitative estimate of drug-likeness (QED) is 0.542. The van der Waals surface area contributed by atoms with E-state index < -0.39 is 0 Å². The standard InChI is InChI=1S/C11H17N3/c1-2-3-6-12-7-4-5-9-14-10-8-13-11-14/h8,10-12H,4-7,9H2,1H3. The maximum Gasteiger partial charge on any atom is 0.0945 e. The predicted molar refractivity (Wildman–Crippen MR) is 57.8 cm³/mol. The molecule has 0 spiro atoms. The molecule has 3 nitrogen and oxygen atoms in total. The smallest absolute Gasteiger partial charge is 0.0945 e. The van der Waals surface area contributed by atoms with Gasteiger partial charge in [-0.05, 0) is 26.3 Å². The van der Waals surface area contributed by atoms with E-state index in [0.717, 1.165) is 19.6 Å². The molecule has 0 saturated carbocycles. The minimum atomic E-state index is 0.807. The number of rotatable bonds is 6. The predicted octanol–water partition coefficient (Wildman–Crippen LogP) is 1.28. The van der Waals surface area contributed by atoms with E-state index in [0.29, 0.717) is 0 Å². The Hall–Kier alpha value is -1.27. The van der Waals surface area contributed by atoms with Gasteiger partial charge in [0.25, 0.3) is 0 Å². The van der Waals surface area contributed by atoms with E-state index in [1.165, 1.54) is 12.8 Å². The van der Waals surface area contributed by atoms with Crippen LogP contribution < -0.4 is 5.32 Å². The zero-order chi connectivity index (χ0) is 10.1. The van der Waals surface area contributed by atoms with Crippen molar-refractivity contribution in [2.75, 3.05) is 13.1 Å². The monoisotopic (exact) mass is 191 g/mol. The molecule has 3 heteroatoms. The first-order valence-corrected chi connectivity index (χ1v) is 4.99. The maximum atomic E-state index is 3.99. The molecule has 0 fully saturated rings. The van der Waals surface area contributed by atoms with Gasteiger partial charge in [0.2, 0.25) is 0 Å². The molecule has 1 rings (SSSR count). The highest BCUT2D eigenvalue weighted by atomic mass is 15.0. The van der Waals surface area contributed by atoms with Gasteiger partial charge in [-0.3, -0.25) is 0 Å². The van der Waals surface area contributed by atoms with Gasteiger partial charge in [0.05, 0.1) is 12.9 Å². The summed E-state index contributed by atoms with van der Waals surface area (Å²) in [6.07, 6.45) is 8.04. The van der Waals surface area contributed by atoms with E-state index >= 15 is 0 Å². The van der Waals surface area contributed by atoms with Crippen LogP contribution in [0.3, 0.4) is 0 Å². The topological polar surface area (TPSA) is 29.9 Å². The molecule has 1 aromatic rings. The van der Waals surface area contributed by atoms with Crippen LogP contribution in [-0.2, 0) is 6.54 Å². The number of hydrogen-bond acceptors (Lipinski definition) is 2. The summed E-state index contributed by atoms with van der Waals surface area (Å²) in [6, 6.07) is 0. The highest BCUT2D eigenvalue weighted by molar-refractivity contribution is 4.96. The van der Waals surface area contributed by atoms with Crippen LogP contribution in [0.15, 0.2) is 18.7 Å². The van der Waals surface area contributed by atoms with Gasteiger partial charge in [-0.1, -0.05) is 5.92 Å². The van der Waals surface area contributed by atoms with Crippen LogP contribution in [0.25, 0.3) is 0 Å². The van der Waals surface area contributed by atoms with Gasteiger partial charge in [0.1, 0.15) is 0 Å². The Labute approximate surface area is 85.5 Å². The average Bonchev–Trinajstić information content (AvgIpc) is 2.69. The van der Waals surface area contributed by atoms with Gasteiger partial charge in [0, 0.05) is 18.9 Å². The number of nitrogens with zero attached hydrogens (tertiary/aromatic N) is 2. The van der Waals surface area contributed by atoms with Crippen LogP contribution in [0.5, 0.6) is 0 Å². The van der Waals surface area contributed by atoms with E-state index in [2.05, 4.69) is 26.7 Å². The molecule has 1 N–H and O–H groups in total. The third kappa shape index (κ3) is 4.68. The first-order valence-electron chi connectivity index (χ1n) is 4.99. The van der Waals surface area contributed by atoms with Gasteiger partial charge in [-0.15, -0.1) is 5.92 Å². The second kappa shape index (κ2) is 7.16. The van der Waals surface area contributed by atoms with Crippen molar-refractivity contribution in [1.29, 1.82) is 0 Å². The molecule has 76 valence electrons. The summed E-state index contributed by atoms with van der Waals surface area (Å²) in [5.74, 6) is 5.83. The largest absolute Gasteiger partial charge is 0.337 e. The summed E-state index contributed by atoms with van der Waals surface area (Å²) in [5, 5.41) is 3.27. The number of aryl methyl sites for hydroxylation is 1. The minimum Gasteiger partial charge on any atom is -0.337 e. The van der Waals surface area contributed by atoms with E-state index in [4.69, 9.17) is 0 Å². The molecule has 0 radical (unpaired) electrons. The Morgan fingerprint density at radius 1 is 1.43 bits per heavy atom. The lowest BCUT2D eigenvalue weighted by atomic mass is 10.3. The van der Waals surface area contributed by atoms with Crippen LogP contribution in [0.2, 0.25) is 0 Å². The summed E-state index contributed by atoms with van der Waals surface area (Å²) in [7, 11) is 0. The van der Waals surface area contributed by atoms with Crippen LogP contribution in [0, 0.1) is 11.8 Å². The molecule has 0 bridgehead atoms. The Balaban J connectivity index is 1.91. The van der Waals surface area contributed by atoms with Crippen molar-refractivity contribution in [2.24, 2.45) is 0 Å². The molecule has 0 aromatic carbocycles. The maximum absolute atomic E-state index is 3.99. The number of hydrogen-bond donors (Lipinski definition) is 1. The number of unbranched alkanes of at least 4 members (excludes halogenated alkanes) is 1. The lowest BCUT2D eigenvalue weighted by Gasteiger charge is -2.02. The zero-order valence-corrected chi connectivity index (χ0v) is 8.66. The number of imidazole rings is 1. The fourth-order valence-corrected chi connectivity index (χ4v) is 1.20. The Morgan fingerprint density at radius 3 is 3.07 bits per heavy atom. The van der Waals surface area contributed by atoms with Crippen LogP contribution in [-0.4, -0.2) is 22.6 Å². The molecule has 0 atom stereocenters. The van der Waals surface area contributed by atoms with Crippen LogP contribution in [0.1, 0.15) is 19.8 Å². The molecule has 14 heavy (non-hydrogen) atoms. The van der Waals surface area contributed by atoms with Crippen molar-refractivity contribution in [1.82, 2.24) is 14.9 Å². The van der Waals surface area contributed by atoms with E-state index in [-0.39, 0.29) is 0 Å². The second-order valence-electron chi connectivity index (χ2n) is 3.11. The van der Waals surface area contributed by atoms with Crippen molar-refractivity contribution >= 4 is 0 Å². The van der Waals surface area contributed by atoms with Crippen molar-refractivity contribution in [3.63, 3.8) is 0 Å². The molecule has 0 aliphatic carbocycles. The zero-order valence-electron chi connectivity index (χ0n) is 8.66. The van der Waals surface area contributed by atoms with Gasteiger partial charge >= 0.3 is 0 Å². The lowest BCUT2D eigenvalue weighted by Crippen LogP contribution is -2.15. The van der Waals surface area contributed by atoms with Crippen molar-refractivity contribution in [2.45, 2.75) is 26.3 Å². The Morgan fingerprint density at radius 2 is 2.36 bits per heavy atom. The average molecular weight is 191 g/mol.